The van der Waals surface area contributed by atoms with E-state index in [2.05, 4.69) is 61.7 Å². The van der Waals surface area contributed by atoms with E-state index in [0.717, 1.165) is 19.6 Å². The monoisotopic (exact) mass is 234 g/mol. The van der Waals surface area contributed by atoms with Gasteiger partial charge in [0.2, 0.25) is 0 Å². The summed E-state index contributed by atoms with van der Waals surface area (Å²) in [6.07, 6.45) is 1.19. The molecule has 1 unspecified atom stereocenters. The van der Waals surface area contributed by atoms with Crippen molar-refractivity contribution in [3.05, 3.63) is 35.9 Å². The first kappa shape index (κ1) is 14.2. The number of nitrogens with one attached hydrogen (secondary N) is 2. The second-order valence-electron chi connectivity index (χ2n) is 4.98. The van der Waals surface area contributed by atoms with E-state index in [4.69, 9.17) is 0 Å². The minimum absolute atomic E-state index is 0.592. The van der Waals surface area contributed by atoms with Crippen LogP contribution in [0.3, 0.4) is 0 Å². The van der Waals surface area contributed by atoms with Gasteiger partial charge in [-0.05, 0) is 31.0 Å². The van der Waals surface area contributed by atoms with Crippen LogP contribution in [0.25, 0.3) is 0 Å². The van der Waals surface area contributed by atoms with Crippen LogP contribution in [0.1, 0.15) is 38.7 Å². The third kappa shape index (κ3) is 6.44. The van der Waals surface area contributed by atoms with Gasteiger partial charge in [-0.25, -0.2) is 0 Å². The molecule has 0 spiro atoms. The van der Waals surface area contributed by atoms with Crippen LogP contribution >= 0.6 is 0 Å². The van der Waals surface area contributed by atoms with Crippen LogP contribution in [0.5, 0.6) is 0 Å². The predicted molar refractivity (Wildman–Crippen MR) is 75.5 cm³/mol. The summed E-state index contributed by atoms with van der Waals surface area (Å²) in [4.78, 5) is 0. The van der Waals surface area contributed by atoms with Crippen molar-refractivity contribution in [1.82, 2.24) is 10.6 Å². The maximum absolute atomic E-state index is 3.52. The van der Waals surface area contributed by atoms with E-state index >= 15 is 0 Å². The largest absolute Gasteiger partial charge is 0.316 e. The molecule has 1 rings (SSSR count). The molecule has 0 saturated carbocycles. The standard InChI is InChI=1S/C15H26N2/c1-13(2)17-11-7-10-16-12-14(3)15-8-5-4-6-9-15/h4-6,8-9,13-14,16-17H,7,10-12H2,1-3H3. The zero-order valence-corrected chi connectivity index (χ0v) is 11.4. The molecule has 2 heteroatoms. The van der Waals surface area contributed by atoms with Gasteiger partial charge in [0.25, 0.3) is 0 Å². The van der Waals surface area contributed by atoms with Crippen LogP contribution in [0.2, 0.25) is 0 Å². The van der Waals surface area contributed by atoms with Crippen LogP contribution in [0.4, 0.5) is 0 Å². The van der Waals surface area contributed by atoms with Crippen molar-refractivity contribution in [3.63, 3.8) is 0 Å². The van der Waals surface area contributed by atoms with Gasteiger partial charge in [0, 0.05) is 12.6 Å². The molecule has 0 aliphatic carbocycles. The molecule has 0 aliphatic rings. The molecule has 0 aromatic heterocycles. The van der Waals surface area contributed by atoms with Crippen LogP contribution in [0, 0.1) is 0 Å². The third-order valence-corrected chi connectivity index (χ3v) is 2.90. The summed E-state index contributed by atoms with van der Waals surface area (Å²) in [7, 11) is 0. The van der Waals surface area contributed by atoms with E-state index < -0.39 is 0 Å². The summed E-state index contributed by atoms with van der Waals surface area (Å²) >= 11 is 0. The molecule has 0 aliphatic heterocycles. The van der Waals surface area contributed by atoms with Gasteiger partial charge in [-0.2, -0.15) is 0 Å². The second kappa shape index (κ2) is 8.26. The molecule has 96 valence electrons. The van der Waals surface area contributed by atoms with E-state index in [1.807, 2.05) is 0 Å². The van der Waals surface area contributed by atoms with Gasteiger partial charge in [0.15, 0.2) is 0 Å². The van der Waals surface area contributed by atoms with Crippen LogP contribution in [0.15, 0.2) is 30.3 Å². The lowest BCUT2D eigenvalue weighted by Gasteiger charge is -2.13. The third-order valence-electron chi connectivity index (χ3n) is 2.90. The summed E-state index contributed by atoms with van der Waals surface area (Å²) in [6.45, 7) is 9.90. The van der Waals surface area contributed by atoms with Gasteiger partial charge in [-0.3, -0.25) is 0 Å². The summed E-state index contributed by atoms with van der Waals surface area (Å²) in [5.41, 5.74) is 1.42. The topological polar surface area (TPSA) is 24.1 Å². The molecule has 0 heterocycles. The van der Waals surface area contributed by atoms with Crippen molar-refractivity contribution < 1.29 is 0 Å². The summed E-state index contributed by atoms with van der Waals surface area (Å²) < 4.78 is 0. The fourth-order valence-electron chi connectivity index (χ4n) is 1.82. The Kier molecular flexibility index (Phi) is 6.90. The lowest BCUT2D eigenvalue weighted by atomic mass is 10.0. The van der Waals surface area contributed by atoms with E-state index in [0.29, 0.717) is 12.0 Å². The molecule has 0 amide bonds. The van der Waals surface area contributed by atoms with Crippen LogP contribution in [-0.4, -0.2) is 25.7 Å². The van der Waals surface area contributed by atoms with Crippen LogP contribution in [-0.2, 0) is 0 Å². The zero-order chi connectivity index (χ0) is 12.5. The smallest absolute Gasteiger partial charge is 0.00174 e. The first-order valence-corrected chi connectivity index (χ1v) is 6.69. The maximum Gasteiger partial charge on any atom is 0.00174 e. The fraction of sp³-hybridized carbons (Fsp3) is 0.600. The van der Waals surface area contributed by atoms with E-state index in [-0.39, 0.29) is 0 Å². The highest BCUT2D eigenvalue weighted by Gasteiger charge is 2.03. The summed E-state index contributed by atoms with van der Waals surface area (Å²) in [5, 5.41) is 6.94. The second-order valence-corrected chi connectivity index (χ2v) is 4.98. The minimum Gasteiger partial charge on any atom is -0.316 e. The zero-order valence-electron chi connectivity index (χ0n) is 11.4. The lowest BCUT2D eigenvalue weighted by Crippen LogP contribution is -2.28. The van der Waals surface area contributed by atoms with E-state index in [9.17, 15) is 0 Å². The van der Waals surface area contributed by atoms with Gasteiger partial charge in [-0.15, -0.1) is 0 Å². The molecule has 2 nitrogen and oxygen atoms in total. The Morgan fingerprint density at radius 1 is 1.00 bits per heavy atom. The summed E-state index contributed by atoms with van der Waals surface area (Å²) in [6, 6.07) is 11.3. The molecule has 1 aromatic carbocycles. The molecule has 17 heavy (non-hydrogen) atoms. The molecule has 2 N–H and O–H groups in total. The molecule has 1 aromatic rings. The van der Waals surface area contributed by atoms with Crippen molar-refractivity contribution in [2.75, 3.05) is 19.6 Å². The van der Waals surface area contributed by atoms with Gasteiger partial charge in [0.05, 0.1) is 0 Å². The average Bonchev–Trinajstić information content (AvgIpc) is 2.34. The number of hydrogen-bond acceptors (Lipinski definition) is 2. The molecule has 0 bridgehead atoms. The highest BCUT2D eigenvalue weighted by Crippen LogP contribution is 2.12. The Morgan fingerprint density at radius 2 is 1.71 bits per heavy atom. The first-order valence-electron chi connectivity index (χ1n) is 6.69. The van der Waals surface area contributed by atoms with E-state index in [1.54, 1.807) is 0 Å². The lowest BCUT2D eigenvalue weighted by molar-refractivity contribution is 0.536. The Bertz CT molecular complexity index is 282. The van der Waals surface area contributed by atoms with Crippen molar-refractivity contribution in [2.24, 2.45) is 0 Å². The molecule has 1 atom stereocenters. The van der Waals surface area contributed by atoms with Crippen LogP contribution < -0.4 is 10.6 Å². The molecular formula is C15H26N2. The molecule has 0 saturated heterocycles. The van der Waals surface area contributed by atoms with Crippen molar-refractivity contribution in [2.45, 2.75) is 39.2 Å². The van der Waals surface area contributed by atoms with Crippen molar-refractivity contribution in [1.29, 1.82) is 0 Å². The SMILES string of the molecule is CC(C)NCCCNCC(C)c1ccccc1. The van der Waals surface area contributed by atoms with Gasteiger partial charge < -0.3 is 10.6 Å². The Labute approximate surface area is 106 Å². The predicted octanol–water partition coefficient (Wildman–Crippen LogP) is 2.77. The molecule has 0 radical (unpaired) electrons. The average molecular weight is 234 g/mol. The van der Waals surface area contributed by atoms with Crippen molar-refractivity contribution in [3.8, 4) is 0 Å². The normalized spacial score (nSPS) is 12.9. The number of hydrogen-bond donors (Lipinski definition) is 2. The fourth-order valence-corrected chi connectivity index (χ4v) is 1.82. The Hall–Kier alpha value is -0.860. The minimum atomic E-state index is 0.592. The first-order chi connectivity index (χ1) is 8.20. The highest BCUT2D eigenvalue weighted by atomic mass is 14.9. The quantitative estimate of drug-likeness (QED) is 0.676. The molecule has 0 fully saturated rings. The van der Waals surface area contributed by atoms with Gasteiger partial charge in [-0.1, -0.05) is 51.1 Å². The number of rotatable bonds is 8. The molecular weight excluding hydrogens is 208 g/mol. The highest BCUT2D eigenvalue weighted by molar-refractivity contribution is 5.18. The Morgan fingerprint density at radius 3 is 2.35 bits per heavy atom. The van der Waals surface area contributed by atoms with Gasteiger partial charge >= 0.3 is 0 Å². The maximum atomic E-state index is 3.52. The van der Waals surface area contributed by atoms with Crippen molar-refractivity contribution >= 4 is 0 Å². The number of benzene rings is 1. The summed E-state index contributed by atoms with van der Waals surface area (Å²) in [5.74, 6) is 0.592. The van der Waals surface area contributed by atoms with E-state index in [1.165, 1.54) is 12.0 Å². The Balaban J connectivity index is 2.07. The van der Waals surface area contributed by atoms with Gasteiger partial charge in [0.1, 0.15) is 0 Å².